The van der Waals surface area contributed by atoms with Gasteiger partial charge in [-0.3, -0.25) is 14.4 Å². The third-order valence-electron chi connectivity index (χ3n) is 5.52. The zero-order chi connectivity index (χ0) is 20.2. The van der Waals surface area contributed by atoms with Gasteiger partial charge in [-0.05, 0) is 25.8 Å². The standard InChI is InChI=1S/C22H27N5OS/c1-17-21(18(2)27(24-17)13-19-7-4-3-5-8-19)22(28)26-10-6-9-25(11-12-26)14-20-15-29-16-23-20/h3-5,7-8,15-16H,6,9-14H2,1-2H3. The summed E-state index contributed by atoms with van der Waals surface area (Å²) < 4.78 is 1.95. The molecule has 6 nitrogen and oxygen atoms in total. The number of carbonyl (C=O) groups is 1. The van der Waals surface area contributed by atoms with E-state index in [0.717, 1.165) is 61.8 Å². The normalized spacial score (nSPS) is 15.4. The van der Waals surface area contributed by atoms with Gasteiger partial charge < -0.3 is 4.90 Å². The summed E-state index contributed by atoms with van der Waals surface area (Å²) in [5.41, 5.74) is 6.69. The molecule has 29 heavy (non-hydrogen) atoms. The second kappa shape index (κ2) is 8.88. The van der Waals surface area contributed by atoms with Crippen molar-refractivity contribution in [3.05, 3.63) is 69.4 Å². The third kappa shape index (κ3) is 4.57. The van der Waals surface area contributed by atoms with Crippen molar-refractivity contribution in [2.24, 2.45) is 0 Å². The molecule has 1 fully saturated rings. The highest BCUT2D eigenvalue weighted by Gasteiger charge is 2.26. The molecular weight excluding hydrogens is 382 g/mol. The van der Waals surface area contributed by atoms with Gasteiger partial charge in [-0.2, -0.15) is 5.10 Å². The van der Waals surface area contributed by atoms with E-state index in [1.807, 2.05) is 47.1 Å². The van der Waals surface area contributed by atoms with E-state index in [2.05, 4.69) is 32.5 Å². The molecule has 1 saturated heterocycles. The van der Waals surface area contributed by atoms with Crippen molar-refractivity contribution in [1.82, 2.24) is 24.6 Å². The number of aryl methyl sites for hydroxylation is 1. The van der Waals surface area contributed by atoms with Crippen molar-refractivity contribution in [2.75, 3.05) is 26.2 Å². The van der Waals surface area contributed by atoms with E-state index < -0.39 is 0 Å². The van der Waals surface area contributed by atoms with Crippen LogP contribution < -0.4 is 0 Å². The lowest BCUT2D eigenvalue weighted by molar-refractivity contribution is 0.0759. The molecule has 0 bridgehead atoms. The Morgan fingerprint density at radius 3 is 2.66 bits per heavy atom. The monoisotopic (exact) mass is 409 g/mol. The van der Waals surface area contributed by atoms with Crippen LogP contribution in [-0.2, 0) is 13.1 Å². The summed E-state index contributed by atoms with van der Waals surface area (Å²) >= 11 is 1.63. The summed E-state index contributed by atoms with van der Waals surface area (Å²) in [4.78, 5) is 22.1. The first-order valence-electron chi connectivity index (χ1n) is 10.1. The predicted molar refractivity (Wildman–Crippen MR) is 115 cm³/mol. The molecule has 0 aliphatic carbocycles. The maximum absolute atomic E-state index is 13.3. The highest BCUT2D eigenvalue weighted by Crippen LogP contribution is 2.19. The third-order valence-corrected chi connectivity index (χ3v) is 6.15. The van der Waals surface area contributed by atoms with Gasteiger partial charge in [0.25, 0.3) is 5.91 Å². The lowest BCUT2D eigenvalue weighted by Crippen LogP contribution is -2.35. The highest BCUT2D eigenvalue weighted by atomic mass is 32.1. The fourth-order valence-corrected chi connectivity index (χ4v) is 4.50. The van der Waals surface area contributed by atoms with Crippen LogP contribution in [0.3, 0.4) is 0 Å². The molecule has 0 atom stereocenters. The summed E-state index contributed by atoms with van der Waals surface area (Å²) in [7, 11) is 0. The second-order valence-electron chi connectivity index (χ2n) is 7.59. The number of hydrogen-bond acceptors (Lipinski definition) is 5. The van der Waals surface area contributed by atoms with Crippen LogP contribution in [0, 0.1) is 13.8 Å². The van der Waals surface area contributed by atoms with Crippen LogP contribution in [0.15, 0.2) is 41.2 Å². The van der Waals surface area contributed by atoms with Crippen LogP contribution in [0.2, 0.25) is 0 Å². The number of nitrogens with zero attached hydrogens (tertiary/aromatic N) is 5. The van der Waals surface area contributed by atoms with Crippen molar-refractivity contribution in [1.29, 1.82) is 0 Å². The summed E-state index contributed by atoms with van der Waals surface area (Å²) in [5, 5.41) is 6.76. The molecule has 0 saturated carbocycles. The lowest BCUT2D eigenvalue weighted by atomic mass is 10.1. The Hall–Kier alpha value is -2.51. The first-order valence-corrected chi connectivity index (χ1v) is 11.0. The average Bonchev–Trinajstić information content (AvgIpc) is 3.24. The van der Waals surface area contributed by atoms with Crippen molar-refractivity contribution in [2.45, 2.75) is 33.4 Å². The quantitative estimate of drug-likeness (QED) is 0.648. The van der Waals surface area contributed by atoms with Gasteiger partial charge in [-0.1, -0.05) is 30.3 Å². The van der Waals surface area contributed by atoms with Gasteiger partial charge in [0, 0.05) is 43.8 Å². The van der Waals surface area contributed by atoms with E-state index >= 15 is 0 Å². The maximum Gasteiger partial charge on any atom is 0.257 e. The topological polar surface area (TPSA) is 54.3 Å². The Morgan fingerprint density at radius 2 is 1.90 bits per heavy atom. The number of benzene rings is 1. The van der Waals surface area contributed by atoms with E-state index in [1.165, 1.54) is 5.56 Å². The Bertz CT molecular complexity index is 951. The van der Waals surface area contributed by atoms with Gasteiger partial charge >= 0.3 is 0 Å². The van der Waals surface area contributed by atoms with E-state index in [4.69, 9.17) is 0 Å². The Morgan fingerprint density at radius 1 is 1.07 bits per heavy atom. The second-order valence-corrected chi connectivity index (χ2v) is 8.31. The molecule has 0 spiro atoms. The molecule has 1 aliphatic heterocycles. The molecule has 1 aliphatic rings. The molecule has 1 aromatic carbocycles. The van der Waals surface area contributed by atoms with Crippen LogP contribution in [-0.4, -0.2) is 56.7 Å². The molecule has 0 N–H and O–H groups in total. The van der Waals surface area contributed by atoms with E-state index in [-0.39, 0.29) is 5.91 Å². The molecule has 0 radical (unpaired) electrons. The SMILES string of the molecule is Cc1nn(Cc2ccccc2)c(C)c1C(=O)N1CCCN(Cc2cscn2)CC1. The molecule has 1 amide bonds. The van der Waals surface area contributed by atoms with Crippen LogP contribution in [0.5, 0.6) is 0 Å². The lowest BCUT2D eigenvalue weighted by Gasteiger charge is -2.22. The number of rotatable bonds is 5. The van der Waals surface area contributed by atoms with Gasteiger partial charge in [-0.15, -0.1) is 11.3 Å². The minimum Gasteiger partial charge on any atom is -0.337 e. The van der Waals surface area contributed by atoms with Crippen molar-refractivity contribution in [3.63, 3.8) is 0 Å². The molecule has 0 unspecified atom stereocenters. The number of aromatic nitrogens is 3. The minimum atomic E-state index is 0.106. The molecule has 3 aromatic rings. The molecular formula is C22H27N5OS. The van der Waals surface area contributed by atoms with E-state index in [1.54, 1.807) is 11.3 Å². The smallest absolute Gasteiger partial charge is 0.257 e. The average molecular weight is 410 g/mol. The first-order chi connectivity index (χ1) is 14.1. The van der Waals surface area contributed by atoms with Gasteiger partial charge in [0.2, 0.25) is 0 Å². The van der Waals surface area contributed by atoms with Gasteiger partial charge in [-0.25, -0.2) is 4.98 Å². The summed E-state index contributed by atoms with van der Waals surface area (Å²) in [6.07, 6.45) is 0.978. The van der Waals surface area contributed by atoms with Crippen molar-refractivity contribution >= 4 is 17.2 Å². The molecule has 3 heterocycles. The predicted octanol–water partition coefficient (Wildman–Crippen LogP) is 3.35. The van der Waals surface area contributed by atoms with Gasteiger partial charge in [0.15, 0.2) is 0 Å². The van der Waals surface area contributed by atoms with Gasteiger partial charge in [0.05, 0.1) is 29.0 Å². The Kier molecular flexibility index (Phi) is 6.06. The first kappa shape index (κ1) is 19.8. The Balaban J connectivity index is 1.45. The number of amides is 1. The Labute approximate surface area is 175 Å². The summed E-state index contributed by atoms with van der Waals surface area (Å²) in [6, 6.07) is 10.2. The number of hydrogen-bond donors (Lipinski definition) is 0. The summed E-state index contributed by atoms with van der Waals surface area (Å²) in [6.45, 7) is 8.88. The zero-order valence-corrected chi connectivity index (χ0v) is 17.9. The largest absolute Gasteiger partial charge is 0.337 e. The van der Waals surface area contributed by atoms with Crippen molar-refractivity contribution < 1.29 is 4.79 Å². The van der Waals surface area contributed by atoms with E-state index in [0.29, 0.717) is 6.54 Å². The maximum atomic E-state index is 13.3. The minimum absolute atomic E-state index is 0.106. The number of carbonyl (C=O) groups excluding carboxylic acids is 1. The van der Waals surface area contributed by atoms with Crippen LogP contribution in [0.4, 0.5) is 0 Å². The highest BCUT2D eigenvalue weighted by molar-refractivity contribution is 7.07. The fourth-order valence-electron chi connectivity index (χ4n) is 3.95. The van der Waals surface area contributed by atoms with Crippen molar-refractivity contribution in [3.8, 4) is 0 Å². The molecule has 7 heteroatoms. The number of thiazole rings is 1. The fraction of sp³-hybridized carbons (Fsp3) is 0.409. The van der Waals surface area contributed by atoms with Crippen LogP contribution in [0.25, 0.3) is 0 Å². The molecule has 152 valence electrons. The van der Waals surface area contributed by atoms with E-state index in [9.17, 15) is 4.79 Å². The molecule has 2 aromatic heterocycles. The molecule has 4 rings (SSSR count). The zero-order valence-electron chi connectivity index (χ0n) is 17.0. The van der Waals surface area contributed by atoms with Crippen LogP contribution in [0.1, 0.15) is 39.4 Å². The van der Waals surface area contributed by atoms with Crippen LogP contribution >= 0.6 is 11.3 Å². The summed E-state index contributed by atoms with van der Waals surface area (Å²) in [5.74, 6) is 0.106. The van der Waals surface area contributed by atoms with Gasteiger partial charge in [0.1, 0.15) is 0 Å².